The summed E-state index contributed by atoms with van der Waals surface area (Å²) in [4.78, 5) is 4.53. The molecule has 122 valence electrons. The molecule has 0 fully saturated rings. The molecule has 3 rings (SSSR count). The Morgan fingerprint density at radius 1 is 1.08 bits per heavy atom. The first kappa shape index (κ1) is 16.2. The smallest absolute Gasteiger partial charge is 0.203 e. The van der Waals surface area contributed by atoms with Crippen molar-refractivity contribution < 1.29 is 4.74 Å². The van der Waals surface area contributed by atoms with Crippen LogP contribution in [0.4, 0.5) is 5.13 Å². The van der Waals surface area contributed by atoms with Gasteiger partial charge in [-0.1, -0.05) is 30.3 Å². The molecule has 0 atom stereocenters. The molecule has 4 nitrogen and oxygen atoms in total. The van der Waals surface area contributed by atoms with Crippen molar-refractivity contribution >= 4 is 22.7 Å². The van der Waals surface area contributed by atoms with Crippen molar-refractivity contribution in [2.75, 3.05) is 5.43 Å². The Kier molecular flexibility index (Phi) is 5.23. The number of benzene rings is 2. The highest BCUT2D eigenvalue weighted by Crippen LogP contribution is 2.24. The summed E-state index contributed by atoms with van der Waals surface area (Å²) < 4.78 is 5.62. The quantitative estimate of drug-likeness (QED) is 0.506. The molecule has 0 saturated carbocycles. The summed E-state index contributed by atoms with van der Waals surface area (Å²) in [6.07, 6.45) is 1.94. The second-order valence-electron chi connectivity index (χ2n) is 5.51. The highest BCUT2D eigenvalue weighted by Gasteiger charge is 2.02. The summed E-state index contributed by atoms with van der Waals surface area (Å²) in [5.74, 6) is 0.863. The van der Waals surface area contributed by atoms with E-state index in [4.69, 9.17) is 4.74 Å². The molecule has 0 aliphatic heterocycles. The van der Waals surface area contributed by atoms with Crippen LogP contribution in [0, 0.1) is 0 Å². The van der Waals surface area contributed by atoms with Crippen molar-refractivity contribution in [1.29, 1.82) is 0 Å². The number of rotatable bonds is 6. The summed E-state index contributed by atoms with van der Waals surface area (Å²) in [5.41, 5.74) is 6.03. The topological polar surface area (TPSA) is 46.5 Å². The molecule has 0 unspecified atom stereocenters. The third-order valence-corrected chi connectivity index (χ3v) is 3.95. The Labute approximate surface area is 145 Å². The van der Waals surface area contributed by atoms with Crippen molar-refractivity contribution in [1.82, 2.24) is 4.98 Å². The first-order chi connectivity index (χ1) is 11.7. The van der Waals surface area contributed by atoms with Crippen LogP contribution in [-0.4, -0.2) is 17.3 Å². The Bertz CT molecular complexity index is 795. The molecule has 5 heteroatoms. The van der Waals surface area contributed by atoms with Crippen LogP contribution in [0.25, 0.3) is 11.3 Å². The maximum Gasteiger partial charge on any atom is 0.203 e. The maximum absolute atomic E-state index is 5.62. The average Bonchev–Trinajstić information content (AvgIpc) is 3.06. The maximum atomic E-state index is 5.62. The lowest BCUT2D eigenvalue weighted by atomic mass is 10.2. The lowest BCUT2D eigenvalue weighted by Gasteiger charge is -2.08. The molecule has 1 heterocycles. The molecule has 0 radical (unpaired) electrons. The number of hydrogen-bond acceptors (Lipinski definition) is 5. The average molecular weight is 337 g/mol. The van der Waals surface area contributed by atoms with E-state index >= 15 is 0 Å². The van der Waals surface area contributed by atoms with Gasteiger partial charge in [-0.15, -0.1) is 11.3 Å². The molecular weight excluding hydrogens is 318 g/mol. The Morgan fingerprint density at radius 3 is 2.54 bits per heavy atom. The standard InChI is InChI=1S/C19H19N3OS/c1-14(2)23-17-10-8-15(9-11-17)12-20-22-19-21-18(13-24-19)16-6-4-3-5-7-16/h3-14H,1-2H3,(H,21,22)/b20-12-. The summed E-state index contributed by atoms with van der Waals surface area (Å²) in [5, 5.41) is 7.03. The van der Waals surface area contributed by atoms with Crippen LogP contribution in [0.15, 0.2) is 65.1 Å². The molecule has 24 heavy (non-hydrogen) atoms. The molecule has 0 aliphatic carbocycles. The monoisotopic (exact) mass is 337 g/mol. The highest BCUT2D eigenvalue weighted by molar-refractivity contribution is 7.14. The van der Waals surface area contributed by atoms with Crippen molar-refractivity contribution in [3.8, 4) is 17.0 Å². The van der Waals surface area contributed by atoms with Gasteiger partial charge in [-0.3, -0.25) is 5.43 Å². The van der Waals surface area contributed by atoms with Crippen LogP contribution in [-0.2, 0) is 0 Å². The van der Waals surface area contributed by atoms with E-state index in [1.165, 1.54) is 11.3 Å². The zero-order valence-corrected chi connectivity index (χ0v) is 14.5. The van der Waals surface area contributed by atoms with E-state index in [2.05, 4.69) is 15.5 Å². The minimum atomic E-state index is 0.176. The van der Waals surface area contributed by atoms with Crippen molar-refractivity contribution in [2.45, 2.75) is 20.0 Å². The fourth-order valence-electron chi connectivity index (χ4n) is 2.13. The number of nitrogens with one attached hydrogen (secondary N) is 1. The molecule has 0 amide bonds. The first-order valence-electron chi connectivity index (χ1n) is 7.77. The van der Waals surface area contributed by atoms with Crippen LogP contribution in [0.2, 0.25) is 0 Å². The molecule has 0 saturated heterocycles. The van der Waals surface area contributed by atoms with Gasteiger partial charge in [-0.2, -0.15) is 5.10 Å². The van der Waals surface area contributed by atoms with Crippen LogP contribution in [0.3, 0.4) is 0 Å². The fourth-order valence-corrected chi connectivity index (χ4v) is 2.80. The van der Waals surface area contributed by atoms with E-state index in [-0.39, 0.29) is 6.10 Å². The largest absolute Gasteiger partial charge is 0.491 e. The number of anilines is 1. The van der Waals surface area contributed by atoms with Gasteiger partial charge in [0, 0.05) is 10.9 Å². The first-order valence-corrected chi connectivity index (χ1v) is 8.65. The van der Waals surface area contributed by atoms with E-state index in [1.54, 1.807) is 6.21 Å². The van der Waals surface area contributed by atoms with Crippen molar-refractivity contribution in [3.05, 3.63) is 65.5 Å². The van der Waals surface area contributed by atoms with Gasteiger partial charge < -0.3 is 4.74 Å². The summed E-state index contributed by atoms with van der Waals surface area (Å²) >= 11 is 1.53. The predicted molar refractivity (Wildman–Crippen MR) is 101 cm³/mol. The summed E-state index contributed by atoms with van der Waals surface area (Å²) in [6, 6.07) is 17.9. The van der Waals surface area contributed by atoms with Gasteiger partial charge in [0.2, 0.25) is 5.13 Å². The second kappa shape index (κ2) is 7.75. The van der Waals surface area contributed by atoms with Gasteiger partial charge >= 0.3 is 0 Å². The molecule has 0 aliphatic rings. The van der Waals surface area contributed by atoms with Crippen LogP contribution in [0.1, 0.15) is 19.4 Å². The summed E-state index contributed by atoms with van der Waals surface area (Å²) in [6.45, 7) is 4.02. The van der Waals surface area contributed by atoms with Gasteiger partial charge in [0.05, 0.1) is 18.0 Å². The van der Waals surface area contributed by atoms with Crippen LogP contribution >= 0.6 is 11.3 Å². The van der Waals surface area contributed by atoms with Gasteiger partial charge in [-0.25, -0.2) is 4.98 Å². The third-order valence-electron chi connectivity index (χ3n) is 3.20. The number of hydrogen-bond donors (Lipinski definition) is 1. The van der Waals surface area contributed by atoms with Crippen LogP contribution < -0.4 is 10.2 Å². The zero-order chi connectivity index (χ0) is 16.8. The fraction of sp³-hybridized carbons (Fsp3) is 0.158. The van der Waals surface area contributed by atoms with E-state index in [0.29, 0.717) is 0 Å². The number of thiazole rings is 1. The molecule has 2 aromatic carbocycles. The molecule has 1 aromatic heterocycles. The predicted octanol–water partition coefficient (Wildman–Crippen LogP) is 5.04. The van der Waals surface area contributed by atoms with E-state index < -0.39 is 0 Å². The Balaban J connectivity index is 1.59. The molecule has 0 spiro atoms. The van der Waals surface area contributed by atoms with Gasteiger partial charge in [0.15, 0.2) is 0 Å². The van der Waals surface area contributed by atoms with E-state index in [1.807, 2.05) is 73.8 Å². The zero-order valence-electron chi connectivity index (χ0n) is 13.6. The second-order valence-corrected chi connectivity index (χ2v) is 6.37. The Morgan fingerprint density at radius 2 is 1.83 bits per heavy atom. The SMILES string of the molecule is CC(C)Oc1ccc(/C=N\Nc2nc(-c3ccccc3)cs2)cc1. The van der Waals surface area contributed by atoms with Crippen LogP contribution in [0.5, 0.6) is 5.75 Å². The Hall–Kier alpha value is -2.66. The molecule has 0 bridgehead atoms. The summed E-state index contributed by atoms with van der Waals surface area (Å²) in [7, 11) is 0. The minimum absolute atomic E-state index is 0.176. The number of ether oxygens (including phenoxy) is 1. The lowest BCUT2D eigenvalue weighted by molar-refractivity contribution is 0.242. The highest BCUT2D eigenvalue weighted by atomic mass is 32.1. The van der Waals surface area contributed by atoms with Gasteiger partial charge in [0.1, 0.15) is 5.75 Å². The third kappa shape index (κ3) is 4.43. The van der Waals surface area contributed by atoms with Crippen molar-refractivity contribution in [3.63, 3.8) is 0 Å². The number of nitrogens with zero attached hydrogens (tertiary/aromatic N) is 2. The minimum Gasteiger partial charge on any atom is -0.491 e. The molecular formula is C19H19N3OS. The number of aromatic nitrogens is 1. The molecule has 3 aromatic rings. The van der Waals surface area contributed by atoms with E-state index in [9.17, 15) is 0 Å². The van der Waals surface area contributed by atoms with Crippen molar-refractivity contribution in [2.24, 2.45) is 5.10 Å². The van der Waals surface area contributed by atoms with E-state index in [0.717, 1.165) is 27.7 Å². The van der Waals surface area contributed by atoms with Gasteiger partial charge in [0.25, 0.3) is 0 Å². The number of hydrazone groups is 1. The normalized spacial score (nSPS) is 11.1. The molecule has 1 N–H and O–H groups in total. The lowest BCUT2D eigenvalue weighted by Crippen LogP contribution is -2.05. The van der Waals surface area contributed by atoms with Gasteiger partial charge in [-0.05, 0) is 43.7 Å².